The Morgan fingerprint density at radius 3 is 2.30 bits per heavy atom. The molecule has 1 aromatic rings. The minimum absolute atomic E-state index is 0.0901. The molecule has 1 spiro atoms. The molecule has 7 heteroatoms. The average molecular weight is 430 g/mol. The third-order valence-corrected chi connectivity index (χ3v) is 5.80. The quantitative estimate of drug-likeness (QED) is 0.438. The Kier molecular flexibility index (Phi) is 8.51. The highest BCUT2D eigenvalue weighted by Gasteiger charge is 2.51. The summed E-state index contributed by atoms with van der Waals surface area (Å²) >= 11 is 3.87. The van der Waals surface area contributed by atoms with Crippen LogP contribution in [0.25, 0.3) is 0 Å². The van der Waals surface area contributed by atoms with E-state index in [0.717, 1.165) is 12.0 Å². The van der Waals surface area contributed by atoms with E-state index < -0.39 is 5.66 Å². The predicted octanol–water partition coefficient (Wildman–Crippen LogP) is 3.20. The predicted molar refractivity (Wildman–Crippen MR) is 121 cm³/mol. The second kappa shape index (κ2) is 10.6. The number of piperidine rings is 1. The van der Waals surface area contributed by atoms with Gasteiger partial charge in [-0.2, -0.15) is 0 Å². The maximum Gasteiger partial charge on any atom is 0.278 e. The number of amides is 2. The summed E-state index contributed by atoms with van der Waals surface area (Å²) < 4.78 is 0. The van der Waals surface area contributed by atoms with Crippen LogP contribution in [0.4, 0.5) is 4.79 Å². The monoisotopic (exact) mass is 429 g/mol. The van der Waals surface area contributed by atoms with E-state index in [4.69, 9.17) is 6.42 Å². The molecule has 162 valence electrons. The lowest BCUT2D eigenvalue weighted by Gasteiger charge is -2.43. The Morgan fingerprint density at radius 2 is 1.87 bits per heavy atom. The zero-order valence-electron chi connectivity index (χ0n) is 17.9. The van der Waals surface area contributed by atoms with Crippen molar-refractivity contribution in [2.75, 3.05) is 19.6 Å². The fraction of sp³-hybridized carbons (Fsp3) is 0.522. The first-order chi connectivity index (χ1) is 14.2. The summed E-state index contributed by atoms with van der Waals surface area (Å²) in [5.74, 6) is 3.24. The van der Waals surface area contributed by atoms with Gasteiger partial charge in [0.25, 0.3) is 5.24 Å². The summed E-state index contributed by atoms with van der Waals surface area (Å²) in [7, 11) is 0. The zero-order valence-corrected chi connectivity index (χ0v) is 18.8. The summed E-state index contributed by atoms with van der Waals surface area (Å²) in [5.41, 5.74) is 0.375. The van der Waals surface area contributed by atoms with Crippen LogP contribution in [0.15, 0.2) is 30.3 Å². The maximum absolute atomic E-state index is 12.6. The van der Waals surface area contributed by atoms with Crippen LogP contribution in [0.5, 0.6) is 0 Å². The molecule has 30 heavy (non-hydrogen) atoms. The Labute approximate surface area is 184 Å². The molecule has 1 unspecified atom stereocenters. The van der Waals surface area contributed by atoms with E-state index in [1.165, 1.54) is 0 Å². The number of nitrogens with one attached hydrogen (secondary N) is 1. The number of thiol groups is 1. The highest BCUT2D eigenvalue weighted by atomic mass is 32.1. The molecule has 0 bridgehead atoms. The minimum atomic E-state index is -0.400. The van der Waals surface area contributed by atoms with Crippen molar-refractivity contribution in [1.82, 2.24) is 15.1 Å². The van der Waals surface area contributed by atoms with Crippen LogP contribution in [-0.2, 0) is 4.79 Å². The number of hydrogen-bond donors (Lipinski definition) is 2. The normalized spacial score (nSPS) is 20.0. The molecule has 1 aromatic carbocycles. The molecule has 6 nitrogen and oxygen atoms in total. The Balaban J connectivity index is 0.000000297. The third kappa shape index (κ3) is 5.87. The van der Waals surface area contributed by atoms with E-state index in [1.54, 1.807) is 16.7 Å². The van der Waals surface area contributed by atoms with Crippen LogP contribution in [0.1, 0.15) is 50.4 Å². The number of rotatable bonds is 4. The molecule has 1 N–H and O–H groups in total. The molecule has 2 fully saturated rings. The smallest absolute Gasteiger partial charge is 0.278 e. The summed E-state index contributed by atoms with van der Waals surface area (Å²) in [6, 6.07) is 9.06. The molecule has 2 aliphatic heterocycles. The molecule has 0 saturated carbocycles. The van der Waals surface area contributed by atoms with E-state index >= 15 is 0 Å². The third-order valence-electron chi connectivity index (χ3n) is 5.52. The van der Waals surface area contributed by atoms with E-state index in [0.29, 0.717) is 38.4 Å². The van der Waals surface area contributed by atoms with Gasteiger partial charge in [-0.1, -0.05) is 62.7 Å². The number of terminal acetylenes is 1. The van der Waals surface area contributed by atoms with Crippen molar-refractivity contribution in [2.45, 2.75) is 51.7 Å². The van der Waals surface area contributed by atoms with E-state index in [1.807, 2.05) is 30.3 Å². The molecule has 0 aromatic heterocycles. The number of ketones is 1. The van der Waals surface area contributed by atoms with Crippen LogP contribution in [-0.4, -0.2) is 58.1 Å². The summed E-state index contributed by atoms with van der Waals surface area (Å²) in [6.45, 7) is 7.28. The molecule has 2 aliphatic rings. The van der Waals surface area contributed by atoms with Gasteiger partial charge in [-0.05, 0) is 19.3 Å². The summed E-state index contributed by atoms with van der Waals surface area (Å²) in [5, 5.41) is 3.29. The summed E-state index contributed by atoms with van der Waals surface area (Å²) in [4.78, 5) is 38.1. The van der Waals surface area contributed by atoms with Gasteiger partial charge in [-0.3, -0.25) is 19.7 Å². The van der Waals surface area contributed by atoms with Gasteiger partial charge >= 0.3 is 0 Å². The Bertz CT molecular complexity index is 796. The van der Waals surface area contributed by atoms with Gasteiger partial charge in [0, 0.05) is 31.5 Å². The van der Waals surface area contributed by atoms with Crippen LogP contribution in [0.3, 0.4) is 0 Å². The van der Waals surface area contributed by atoms with Gasteiger partial charge in [-0.25, -0.2) is 0 Å². The molecule has 2 amide bonds. The fourth-order valence-corrected chi connectivity index (χ4v) is 4.17. The van der Waals surface area contributed by atoms with Crippen molar-refractivity contribution in [3.8, 4) is 12.3 Å². The molecule has 3 rings (SSSR count). The van der Waals surface area contributed by atoms with Crippen LogP contribution < -0.4 is 5.32 Å². The number of hydrogen-bond acceptors (Lipinski definition) is 4. The average Bonchev–Trinajstić information content (AvgIpc) is 2.94. The first-order valence-corrected chi connectivity index (χ1v) is 10.7. The van der Waals surface area contributed by atoms with Gasteiger partial charge < -0.3 is 9.80 Å². The molecule has 1 atom stereocenters. The van der Waals surface area contributed by atoms with E-state index in [2.05, 4.69) is 37.7 Å². The minimum Gasteiger partial charge on any atom is -0.334 e. The first kappa shape index (κ1) is 24.0. The number of likely N-dealkylation sites (tertiary alicyclic amines) is 1. The lowest BCUT2D eigenvalue weighted by Crippen LogP contribution is -2.59. The zero-order chi connectivity index (χ0) is 22.3. The van der Waals surface area contributed by atoms with Crippen molar-refractivity contribution in [1.29, 1.82) is 0 Å². The van der Waals surface area contributed by atoms with Crippen molar-refractivity contribution >= 4 is 29.6 Å². The van der Waals surface area contributed by atoms with Gasteiger partial charge in [0.15, 0.2) is 5.78 Å². The van der Waals surface area contributed by atoms with Gasteiger partial charge in [0.2, 0.25) is 5.91 Å². The van der Waals surface area contributed by atoms with E-state index in [9.17, 15) is 14.4 Å². The lowest BCUT2D eigenvalue weighted by atomic mass is 9.96. The molecule has 0 radical (unpaired) electrons. The number of Topliss-reactive ketones (excluding diaryl/α,β-unsaturated/α-hetero) is 1. The number of nitrogens with zero attached hydrogens (tertiary/aromatic N) is 2. The number of carbonyl (C=O) groups is 3. The van der Waals surface area contributed by atoms with Crippen LogP contribution in [0.2, 0.25) is 0 Å². The highest BCUT2D eigenvalue weighted by Crippen LogP contribution is 2.34. The number of carbonyl (C=O) groups excluding carboxylic acids is 3. The SMILES string of the molecule is C#CCN1C(=O)C(CC(C)C)NC12CCN(C(=O)S)CC2.CC(=O)c1ccccc1. The largest absolute Gasteiger partial charge is 0.334 e. The Morgan fingerprint density at radius 1 is 1.27 bits per heavy atom. The topological polar surface area (TPSA) is 69.7 Å². The molecular weight excluding hydrogens is 398 g/mol. The first-order valence-electron chi connectivity index (χ1n) is 10.3. The molecule has 0 aliphatic carbocycles. The molecular formula is C23H31N3O3S. The lowest BCUT2D eigenvalue weighted by molar-refractivity contribution is -0.132. The Hall–Kier alpha value is -2.30. The van der Waals surface area contributed by atoms with Gasteiger partial charge in [-0.15, -0.1) is 6.42 Å². The van der Waals surface area contributed by atoms with Crippen molar-refractivity contribution < 1.29 is 14.4 Å². The van der Waals surface area contributed by atoms with Gasteiger partial charge in [0.05, 0.1) is 18.2 Å². The van der Waals surface area contributed by atoms with E-state index in [-0.39, 0.29) is 23.0 Å². The fourth-order valence-electron chi connectivity index (χ4n) is 3.97. The standard InChI is InChI=1S/C15H23N3O2S.C8H8O/c1-4-7-18-13(19)12(10-11(2)3)16-15(18)5-8-17(9-6-15)14(20)21;1-7(9)8-5-3-2-4-6-8/h1,11-12,16H,5-10H2,2-3H3,(H,20,21);2-6H,1H3. The number of benzene rings is 1. The summed E-state index contributed by atoms with van der Waals surface area (Å²) in [6.07, 6.45) is 7.63. The molecule has 2 saturated heterocycles. The van der Waals surface area contributed by atoms with Gasteiger partial charge in [0.1, 0.15) is 0 Å². The maximum atomic E-state index is 12.6. The van der Waals surface area contributed by atoms with Crippen LogP contribution in [0, 0.1) is 18.3 Å². The highest BCUT2D eigenvalue weighted by molar-refractivity contribution is 7.96. The second-order valence-corrected chi connectivity index (χ2v) is 8.56. The second-order valence-electron chi connectivity index (χ2n) is 8.18. The van der Waals surface area contributed by atoms with Crippen molar-refractivity contribution in [3.05, 3.63) is 35.9 Å². The van der Waals surface area contributed by atoms with Crippen LogP contribution >= 0.6 is 12.6 Å². The van der Waals surface area contributed by atoms with Crippen molar-refractivity contribution in [3.63, 3.8) is 0 Å². The molecule has 2 heterocycles. The van der Waals surface area contributed by atoms with Crippen molar-refractivity contribution in [2.24, 2.45) is 5.92 Å².